The predicted molar refractivity (Wildman–Crippen MR) is 70.4 cm³/mol. The van der Waals surface area contributed by atoms with Gasteiger partial charge in [-0.05, 0) is 24.3 Å². The molecule has 3 nitrogen and oxygen atoms in total. The zero-order valence-electron chi connectivity index (χ0n) is 10.4. The van der Waals surface area contributed by atoms with Crippen LogP contribution in [0.25, 0.3) is 11.0 Å². The van der Waals surface area contributed by atoms with Crippen LogP contribution < -0.4 is 0 Å². The molecule has 0 aliphatic heterocycles. The van der Waals surface area contributed by atoms with Crippen LogP contribution in [0, 0.1) is 11.6 Å². The van der Waals surface area contributed by atoms with Crippen molar-refractivity contribution < 1.29 is 13.6 Å². The molecule has 20 heavy (non-hydrogen) atoms. The van der Waals surface area contributed by atoms with E-state index in [1.807, 2.05) is 24.3 Å². The Morgan fingerprint density at radius 3 is 2.75 bits per heavy atom. The van der Waals surface area contributed by atoms with E-state index in [1.54, 1.807) is 4.57 Å². The molecule has 1 aromatic heterocycles. The third-order valence-corrected chi connectivity index (χ3v) is 3.07. The SMILES string of the molecule is O=C(Cn1cnc2ccccc21)c1ccc(F)cc1F. The van der Waals surface area contributed by atoms with Crippen LogP contribution in [0.2, 0.25) is 0 Å². The number of imidazole rings is 1. The molecular formula is C15H10F2N2O. The monoisotopic (exact) mass is 272 g/mol. The van der Waals surface area contributed by atoms with Gasteiger partial charge in [-0.2, -0.15) is 0 Å². The highest BCUT2D eigenvalue weighted by Crippen LogP contribution is 2.15. The average Bonchev–Trinajstić information content (AvgIpc) is 2.82. The fourth-order valence-electron chi connectivity index (χ4n) is 2.09. The summed E-state index contributed by atoms with van der Waals surface area (Å²) in [5, 5.41) is 0. The second-order valence-electron chi connectivity index (χ2n) is 4.41. The molecule has 0 spiro atoms. The number of aromatic nitrogens is 2. The van der Waals surface area contributed by atoms with Crippen LogP contribution in [0.5, 0.6) is 0 Å². The maximum Gasteiger partial charge on any atom is 0.185 e. The number of carbonyl (C=O) groups excluding carboxylic acids is 1. The zero-order valence-corrected chi connectivity index (χ0v) is 10.4. The molecule has 0 radical (unpaired) electrons. The van der Waals surface area contributed by atoms with Gasteiger partial charge in [0, 0.05) is 6.07 Å². The Morgan fingerprint density at radius 1 is 1.15 bits per heavy atom. The molecule has 0 bridgehead atoms. The molecule has 0 unspecified atom stereocenters. The molecule has 2 aromatic carbocycles. The van der Waals surface area contributed by atoms with E-state index in [0.717, 1.165) is 23.2 Å². The van der Waals surface area contributed by atoms with Crippen LogP contribution in [0.3, 0.4) is 0 Å². The molecule has 0 atom stereocenters. The van der Waals surface area contributed by atoms with Crippen molar-refractivity contribution in [3.63, 3.8) is 0 Å². The summed E-state index contributed by atoms with van der Waals surface area (Å²) in [7, 11) is 0. The molecule has 0 aliphatic rings. The topological polar surface area (TPSA) is 34.9 Å². The molecule has 0 amide bonds. The minimum atomic E-state index is -0.848. The number of carbonyl (C=O) groups is 1. The summed E-state index contributed by atoms with van der Waals surface area (Å²) in [4.78, 5) is 16.2. The van der Waals surface area contributed by atoms with Gasteiger partial charge >= 0.3 is 0 Å². The molecule has 100 valence electrons. The lowest BCUT2D eigenvalue weighted by atomic mass is 10.1. The Morgan fingerprint density at radius 2 is 1.95 bits per heavy atom. The van der Waals surface area contributed by atoms with E-state index in [0.29, 0.717) is 6.07 Å². The Labute approximate surface area is 113 Å². The van der Waals surface area contributed by atoms with Crippen molar-refractivity contribution >= 4 is 16.8 Å². The fourth-order valence-corrected chi connectivity index (χ4v) is 2.09. The van der Waals surface area contributed by atoms with E-state index in [9.17, 15) is 13.6 Å². The van der Waals surface area contributed by atoms with Gasteiger partial charge in [0.1, 0.15) is 11.6 Å². The lowest BCUT2D eigenvalue weighted by molar-refractivity contribution is 0.0969. The first-order valence-corrected chi connectivity index (χ1v) is 6.03. The second kappa shape index (κ2) is 4.85. The van der Waals surface area contributed by atoms with Crippen molar-refractivity contribution in [2.75, 3.05) is 0 Å². The minimum Gasteiger partial charge on any atom is -0.323 e. The predicted octanol–water partition coefficient (Wildman–Crippen LogP) is 3.20. The number of para-hydroxylation sites is 2. The molecule has 0 fully saturated rings. The van der Waals surface area contributed by atoms with Crippen LogP contribution in [0.1, 0.15) is 10.4 Å². The first-order chi connectivity index (χ1) is 9.65. The van der Waals surface area contributed by atoms with Gasteiger partial charge in [0.25, 0.3) is 0 Å². The normalized spacial score (nSPS) is 10.9. The molecule has 0 saturated heterocycles. The maximum absolute atomic E-state index is 13.6. The second-order valence-corrected chi connectivity index (χ2v) is 4.41. The van der Waals surface area contributed by atoms with Crippen LogP contribution in [-0.2, 0) is 6.54 Å². The van der Waals surface area contributed by atoms with Crippen molar-refractivity contribution in [3.05, 3.63) is 66.0 Å². The van der Waals surface area contributed by atoms with E-state index < -0.39 is 17.4 Å². The standard InChI is InChI=1S/C15H10F2N2O/c16-10-5-6-11(12(17)7-10)15(20)8-19-9-18-13-3-1-2-4-14(13)19/h1-7,9H,8H2. The number of nitrogens with zero attached hydrogens (tertiary/aromatic N) is 2. The fraction of sp³-hybridized carbons (Fsp3) is 0.0667. The maximum atomic E-state index is 13.6. The first kappa shape index (κ1) is 12.5. The van der Waals surface area contributed by atoms with Gasteiger partial charge in [-0.1, -0.05) is 12.1 Å². The molecule has 1 heterocycles. The van der Waals surface area contributed by atoms with Crippen LogP contribution in [0.4, 0.5) is 8.78 Å². The molecule has 5 heteroatoms. The lowest BCUT2D eigenvalue weighted by Gasteiger charge is -2.05. The lowest BCUT2D eigenvalue weighted by Crippen LogP contribution is -2.11. The summed E-state index contributed by atoms with van der Waals surface area (Å²) in [6.45, 7) is -0.0386. The Hall–Kier alpha value is -2.56. The number of benzene rings is 2. The highest BCUT2D eigenvalue weighted by molar-refractivity contribution is 5.96. The van der Waals surface area contributed by atoms with Crippen molar-refractivity contribution in [2.45, 2.75) is 6.54 Å². The quantitative estimate of drug-likeness (QED) is 0.686. The van der Waals surface area contributed by atoms with Gasteiger partial charge in [0.05, 0.1) is 29.5 Å². The van der Waals surface area contributed by atoms with Gasteiger partial charge in [0.2, 0.25) is 0 Å². The summed E-state index contributed by atoms with van der Waals surface area (Å²) in [5.41, 5.74) is 1.44. The van der Waals surface area contributed by atoms with Crippen LogP contribution in [0.15, 0.2) is 48.8 Å². The molecule has 3 rings (SSSR count). The van der Waals surface area contributed by atoms with Crippen LogP contribution >= 0.6 is 0 Å². The zero-order chi connectivity index (χ0) is 14.1. The molecule has 0 saturated carbocycles. The molecular weight excluding hydrogens is 262 g/mol. The van der Waals surface area contributed by atoms with Gasteiger partial charge < -0.3 is 4.57 Å². The van der Waals surface area contributed by atoms with E-state index >= 15 is 0 Å². The van der Waals surface area contributed by atoms with E-state index in [-0.39, 0.29) is 12.1 Å². The molecule has 0 N–H and O–H groups in total. The van der Waals surface area contributed by atoms with E-state index in [4.69, 9.17) is 0 Å². The number of rotatable bonds is 3. The summed E-state index contributed by atoms with van der Waals surface area (Å²) >= 11 is 0. The number of Topliss-reactive ketones (excluding diaryl/α,β-unsaturated/α-hetero) is 1. The largest absolute Gasteiger partial charge is 0.323 e. The van der Waals surface area contributed by atoms with Crippen molar-refractivity contribution in [3.8, 4) is 0 Å². The molecule has 0 aliphatic carbocycles. The van der Waals surface area contributed by atoms with Gasteiger partial charge in [-0.25, -0.2) is 13.8 Å². The number of hydrogen-bond donors (Lipinski definition) is 0. The first-order valence-electron chi connectivity index (χ1n) is 6.03. The Kier molecular flexibility index (Phi) is 3.02. The van der Waals surface area contributed by atoms with Crippen molar-refractivity contribution in [2.24, 2.45) is 0 Å². The summed E-state index contributed by atoms with van der Waals surface area (Å²) in [6.07, 6.45) is 1.53. The molecule has 3 aromatic rings. The Balaban J connectivity index is 1.92. The van der Waals surface area contributed by atoms with Crippen molar-refractivity contribution in [1.29, 1.82) is 0 Å². The Bertz CT molecular complexity index is 795. The van der Waals surface area contributed by atoms with Gasteiger partial charge in [-0.3, -0.25) is 4.79 Å². The highest BCUT2D eigenvalue weighted by Gasteiger charge is 2.14. The van der Waals surface area contributed by atoms with E-state index in [1.165, 1.54) is 6.33 Å². The summed E-state index contributed by atoms with van der Waals surface area (Å²) < 4.78 is 28.0. The number of ketones is 1. The van der Waals surface area contributed by atoms with Crippen LogP contribution in [-0.4, -0.2) is 15.3 Å². The van der Waals surface area contributed by atoms with Crippen molar-refractivity contribution in [1.82, 2.24) is 9.55 Å². The third-order valence-electron chi connectivity index (χ3n) is 3.07. The summed E-state index contributed by atoms with van der Waals surface area (Å²) in [5.74, 6) is -1.97. The summed E-state index contributed by atoms with van der Waals surface area (Å²) in [6, 6.07) is 10.3. The van der Waals surface area contributed by atoms with Gasteiger partial charge in [-0.15, -0.1) is 0 Å². The van der Waals surface area contributed by atoms with E-state index in [2.05, 4.69) is 4.98 Å². The number of fused-ring (bicyclic) bond motifs is 1. The third kappa shape index (κ3) is 2.18. The van der Waals surface area contributed by atoms with Gasteiger partial charge in [0.15, 0.2) is 5.78 Å². The minimum absolute atomic E-state index is 0.0386. The highest BCUT2D eigenvalue weighted by atomic mass is 19.1. The number of hydrogen-bond acceptors (Lipinski definition) is 2. The average molecular weight is 272 g/mol. The smallest absolute Gasteiger partial charge is 0.185 e. The number of halogens is 2.